The first-order valence-electron chi connectivity index (χ1n) is 5.39. The Morgan fingerprint density at radius 2 is 1.57 bits per heavy atom. The van der Waals surface area contributed by atoms with Crippen LogP contribution in [0.4, 0.5) is 37.8 Å². The molecule has 0 amide bonds. The van der Waals surface area contributed by atoms with Crippen LogP contribution in [0.25, 0.3) is 0 Å². The first kappa shape index (κ1) is 14.9. The minimum Gasteiger partial charge on any atom is -0.406 e. The molecule has 112 valence electrons. The van der Waals surface area contributed by atoms with Crippen LogP contribution in [0.15, 0.2) is 30.3 Å². The van der Waals surface area contributed by atoms with Crippen LogP contribution in [0.1, 0.15) is 0 Å². The van der Waals surface area contributed by atoms with E-state index < -0.39 is 35.5 Å². The average molecular weight is 308 g/mol. The molecule has 0 saturated heterocycles. The summed E-state index contributed by atoms with van der Waals surface area (Å²) in [6.45, 7) is 0. The normalized spacial score (nSPS) is 11.3. The van der Waals surface area contributed by atoms with E-state index in [2.05, 4.69) is 15.0 Å². The van der Waals surface area contributed by atoms with Crippen LogP contribution in [0.5, 0.6) is 5.75 Å². The van der Waals surface area contributed by atoms with E-state index in [4.69, 9.17) is 0 Å². The zero-order valence-electron chi connectivity index (χ0n) is 10.0. The highest BCUT2D eigenvalue weighted by molar-refractivity contribution is 5.57. The highest BCUT2D eigenvalue weighted by atomic mass is 19.4. The molecule has 0 aliphatic carbocycles. The van der Waals surface area contributed by atoms with E-state index in [1.165, 1.54) is 0 Å². The summed E-state index contributed by atoms with van der Waals surface area (Å²) in [4.78, 5) is 3.01. The van der Waals surface area contributed by atoms with Gasteiger partial charge in [-0.15, -0.1) is 13.2 Å². The monoisotopic (exact) mass is 308 g/mol. The van der Waals surface area contributed by atoms with Crippen molar-refractivity contribution in [2.75, 3.05) is 5.32 Å². The van der Waals surface area contributed by atoms with Crippen molar-refractivity contribution in [2.45, 2.75) is 6.36 Å². The molecule has 1 heterocycles. The number of halogens is 6. The standard InChI is InChI=1S/C12H6F6N2O/c13-8-5-9(14)11(20-10(8)15)19-6-1-3-7(4-2-6)21-12(16,17)18/h1-5H,(H,19,20). The van der Waals surface area contributed by atoms with Crippen molar-refractivity contribution in [3.05, 3.63) is 47.9 Å². The quantitative estimate of drug-likeness (QED) is 0.683. The molecular weight excluding hydrogens is 302 g/mol. The van der Waals surface area contributed by atoms with E-state index in [1.807, 2.05) is 0 Å². The fraction of sp³-hybridized carbons (Fsp3) is 0.0833. The molecule has 0 saturated carbocycles. The number of benzene rings is 1. The molecule has 1 aromatic heterocycles. The van der Waals surface area contributed by atoms with E-state index >= 15 is 0 Å². The molecule has 0 fully saturated rings. The van der Waals surface area contributed by atoms with Gasteiger partial charge in [-0.2, -0.15) is 9.37 Å². The number of nitrogens with zero attached hydrogens (tertiary/aromatic N) is 1. The maximum Gasteiger partial charge on any atom is 0.573 e. The molecule has 9 heteroatoms. The summed E-state index contributed by atoms with van der Waals surface area (Å²) < 4.78 is 78.4. The molecule has 21 heavy (non-hydrogen) atoms. The second-order valence-corrected chi connectivity index (χ2v) is 3.79. The summed E-state index contributed by atoms with van der Waals surface area (Å²) >= 11 is 0. The fourth-order valence-corrected chi connectivity index (χ4v) is 1.41. The van der Waals surface area contributed by atoms with Gasteiger partial charge in [0.1, 0.15) is 5.75 Å². The molecule has 0 unspecified atom stereocenters. The number of ether oxygens (including phenoxy) is 1. The molecule has 1 aromatic carbocycles. The molecule has 2 aromatic rings. The smallest absolute Gasteiger partial charge is 0.406 e. The first-order chi connectivity index (χ1) is 9.74. The number of hydrogen-bond acceptors (Lipinski definition) is 3. The summed E-state index contributed by atoms with van der Waals surface area (Å²) in [5.41, 5.74) is 0.113. The van der Waals surface area contributed by atoms with Crippen LogP contribution in [-0.2, 0) is 0 Å². The maximum absolute atomic E-state index is 13.3. The van der Waals surface area contributed by atoms with Crippen LogP contribution in [-0.4, -0.2) is 11.3 Å². The molecule has 0 radical (unpaired) electrons. The molecule has 0 aliphatic heterocycles. The third-order valence-corrected chi connectivity index (χ3v) is 2.24. The highest BCUT2D eigenvalue weighted by Gasteiger charge is 2.30. The van der Waals surface area contributed by atoms with Gasteiger partial charge in [-0.3, -0.25) is 0 Å². The van der Waals surface area contributed by atoms with E-state index in [1.54, 1.807) is 0 Å². The Morgan fingerprint density at radius 1 is 0.952 bits per heavy atom. The van der Waals surface area contributed by atoms with Gasteiger partial charge in [-0.1, -0.05) is 0 Å². The lowest BCUT2D eigenvalue weighted by molar-refractivity contribution is -0.274. The van der Waals surface area contributed by atoms with Gasteiger partial charge in [0.2, 0.25) is 0 Å². The van der Waals surface area contributed by atoms with Gasteiger partial charge in [0.15, 0.2) is 17.5 Å². The second-order valence-electron chi connectivity index (χ2n) is 3.79. The Kier molecular flexibility index (Phi) is 3.92. The van der Waals surface area contributed by atoms with E-state index in [0.717, 1.165) is 24.3 Å². The van der Waals surface area contributed by atoms with Gasteiger partial charge >= 0.3 is 6.36 Å². The summed E-state index contributed by atoms with van der Waals surface area (Å²) in [7, 11) is 0. The van der Waals surface area contributed by atoms with Crippen LogP contribution >= 0.6 is 0 Å². The van der Waals surface area contributed by atoms with Crippen LogP contribution in [0, 0.1) is 17.6 Å². The Morgan fingerprint density at radius 3 is 2.14 bits per heavy atom. The predicted octanol–water partition coefficient (Wildman–Crippen LogP) is 4.14. The number of pyridine rings is 1. The van der Waals surface area contributed by atoms with Gasteiger partial charge in [0.05, 0.1) is 0 Å². The summed E-state index contributed by atoms with van der Waals surface area (Å²) in [6.07, 6.45) is -4.83. The number of anilines is 2. The van der Waals surface area contributed by atoms with Crippen molar-refractivity contribution in [3.63, 3.8) is 0 Å². The van der Waals surface area contributed by atoms with Gasteiger partial charge in [-0.05, 0) is 24.3 Å². The zero-order chi connectivity index (χ0) is 15.6. The van der Waals surface area contributed by atoms with Crippen LogP contribution in [0.3, 0.4) is 0 Å². The van der Waals surface area contributed by atoms with Gasteiger partial charge in [-0.25, -0.2) is 8.78 Å². The molecule has 0 aliphatic rings. The largest absolute Gasteiger partial charge is 0.573 e. The minimum absolute atomic E-state index is 0.113. The topological polar surface area (TPSA) is 34.1 Å². The Labute approximate surface area is 114 Å². The van der Waals surface area contributed by atoms with Gasteiger partial charge in [0.25, 0.3) is 5.95 Å². The Balaban J connectivity index is 2.16. The summed E-state index contributed by atoms with van der Waals surface area (Å²) in [5.74, 6) is -5.18. The molecule has 0 atom stereocenters. The molecule has 0 spiro atoms. The number of aromatic nitrogens is 1. The van der Waals surface area contributed by atoms with Crippen molar-refractivity contribution in [2.24, 2.45) is 0 Å². The number of rotatable bonds is 3. The molecule has 3 nitrogen and oxygen atoms in total. The summed E-state index contributed by atoms with van der Waals surface area (Å²) in [6, 6.07) is 4.49. The number of alkyl halides is 3. The SMILES string of the molecule is Fc1cc(F)c(Nc2ccc(OC(F)(F)F)cc2)nc1F. The van der Waals surface area contributed by atoms with Crippen molar-refractivity contribution < 1.29 is 31.1 Å². The van der Waals surface area contributed by atoms with Crippen molar-refractivity contribution in [1.29, 1.82) is 0 Å². The fourth-order valence-electron chi connectivity index (χ4n) is 1.41. The first-order valence-corrected chi connectivity index (χ1v) is 5.39. The lowest BCUT2D eigenvalue weighted by atomic mass is 10.3. The Hall–Kier alpha value is -2.45. The third kappa shape index (κ3) is 4.01. The van der Waals surface area contributed by atoms with Crippen LogP contribution < -0.4 is 10.1 Å². The third-order valence-electron chi connectivity index (χ3n) is 2.24. The van der Waals surface area contributed by atoms with Crippen molar-refractivity contribution >= 4 is 11.5 Å². The predicted molar refractivity (Wildman–Crippen MR) is 60.5 cm³/mol. The van der Waals surface area contributed by atoms with Crippen molar-refractivity contribution in [1.82, 2.24) is 4.98 Å². The molecule has 1 N–H and O–H groups in total. The zero-order valence-corrected chi connectivity index (χ0v) is 10.0. The van der Waals surface area contributed by atoms with Crippen LogP contribution in [0.2, 0.25) is 0 Å². The van der Waals surface area contributed by atoms with E-state index in [0.29, 0.717) is 6.07 Å². The average Bonchev–Trinajstić information content (AvgIpc) is 2.36. The molecule has 2 rings (SSSR count). The van der Waals surface area contributed by atoms with Crippen molar-refractivity contribution in [3.8, 4) is 5.75 Å². The van der Waals surface area contributed by atoms with Gasteiger partial charge in [0, 0.05) is 11.8 Å². The number of hydrogen-bond donors (Lipinski definition) is 1. The minimum atomic E-state index is -4.83. The maximum atomic E-state index is 13.3. The highest BCUT2D eigenvalue weighted by Crippen LogP contribution is 2.25. The molecular formula is C12H6F6N2O. The van der Waals surface area contributed by atoms with Gasteiger partial charge < -0.3 is 10.1 Å². The number of nitrogens with one attached hydrogen (secondary N) is 1. The second kappa shape index (κ2) is 5.51. The lowest BCUT2D eigenvalue weighted by Crippen LogP contribution is -2.17. The van der Waals surface area contributed by atoms with E-state index in [-0.39, 0.29) is 5.69 Å². The van der Waals surface area contributed by atoms with E-state index in [9.17, 15) is 26.3 Å². The Bertz CT molecular complexity index is 641. The molecule has 0 bridgehead atoms. The lowest BCUT2D eigenvalue weighted by Gasteiger charge is -2.10. The summed E-state index contributed by atoms with van der Waals surface area (Å²) in [5, 5.41) is 2.30.